The van der Waals surface area contributed by atoms with Crippen molar-refractivity contribution < 1.29 is 14.0 Å². The van der Waals surface area contributed by atoms with Gasteiger partial charge in [-0.05, 0) is 45.6 Å². The van der Waals surface area contributed by atoms with E-state index in [0.29, 0.717) is 25.2 Å². The molecule has 1 amide bonds. The molecule has 126 valence electrons. The Morgan fingerprint density at radius 1 is 1.22 bits per heavy atom. The fourth-order valence-electron chi connectivity index (χ4n) is 2.12. The van der Waals surface area contributed by atoms with E-state index in [4.69, 9.17) is 5.73 Å². The van der Waals surface area contributed by atoms with Crippen LogP contribution in [0.5, 0.6) is 0 Å². The van der Waals surface area contributed by atoms with Gasteiger partial charge < -0.3 is 15.5 Å². The van der Waals surface area contributed by atoms with E-state index in [1.165, 1.54) is 30.0 Å². The van der Waals surface area contributed by atoms with Crippen LogP contribution in [0.4, 0.5) is 10.1 Å². The first kappa shape index (κ1) is 18.8. The van der Waals surface area contributed by atoms with Crippen LogP contribution in [0.25, 0.3) is 0 Å². The van der Waals surface area contributed by atoms with Crippen molar-refractivity contribution >= 4 is 17.4 Å². The zero-order valence-electron chi connectivity index (χ0n) is 14.1. The van der Waals surface area contributed by atoms with Crippen LogP contribution < -0.4 is 10.6 Å². The highest BCUT2D eigenvalue weighted by atomic mass is 19.1. The van der Waals surface area contributed by atoms with Gasteiger partial charge in [-0.25, -0.2) is 4.39 Å². The molecular weight excluding hydrogens is 297 g/mol. The molecule has 2 N–H and O–H groups in total. The molecule has 0 aliphatic heterocycles. The van der Waals surface area contributed by atoms with Crippen molar-refractivity contribution in [1.29, 1.82) is 0 Å². The van der Waals surface area contributed by atoms with Crippen molar-refractivity contribution in [2.24, 2.45) is 5.73 Å². The van der Waals surface area contributed by atoms with Gasteiger partial charge in [0.1, 0.15) is 11.4 Å². The minimum atomic E-state index is -0.496. The van der Waals surface area contributed by atoms with E-state index in [2.05, 4.69) is 0 Å². The van der Waals surface area contributed by atoms with Crippen molar-refractivity contribution in [2.75, 3.05) is 32.1 Å². The first-order valence-corrected chi connectivity index (χ1v) is 7.49. The van der Waals surface area contributed by atoms with E-state index in [-0.39, 0.29) is 17.1 Å². The number of halogens is 1. The molecule has 1 aromatic rings. The Hall–Kier alpha value is -2.21. The second kappa shape index (κ2) is 8.43. The molecule has 0 fully saturated rings. The van der Waals surface area contributed by atoms with Gasteiger partial charge in [-0.1, -0.05) is 13.0 Å². The van der Waals surface area contributed by atoms with Crippen LogP contribution in [0, 0.1) is 5.82 Å². The van der Waals surface area contributed by atoms with Crippen LogP contribution in [0.15, 0.2) is 35.5 Å². The first-order chi connectivity index (χ1) is 10.8. The molecule has 0 heterocycles. The Bertz CT molecular complexity index is 612. The van der Waals surface area contributed by atoms with Gasteiger partial charge in [0.15, 0.2) is 5.78 Å². The molecule has 6 heteroatoms. The number of amides is 1. The number of hydrogen-bond donors (Lipinski definition) is 1. The third-order valence-corrected chi connectivity index (χ3v) is 3.40. The number of nitrogens with two attached hydrogens (primary N) is 1. The number of likely N-dealkylation sites (N-methyl/N-ethyl adjacent to an activating group) is 1. The number of Topliss-reactive ketones (excluding diaryl/α,β-unsaturated/α-hetero) is 1. The zero-order valence-corrected chi connectivity index (χ0v) is 14.1. The number of nitrogens with zero attached hydrogens (tertiary/aromatic N) is 2. The lowest BCUT2D eigenvalue weighted by Gasteiger charge is -2.25. The van der Waals surface area contributed by atoms with Crippen molar-refractivity contribution in [1.82, 2.24) is 4.90 Å². The largest absolute Gasteiger partial charge is 0.401 e. The third-order valence-electron chi connectivity index (χ3n) is 3.40. The first-order valence-electron chi connectivity index (χ1n) is 7.49. The monoisotopic (exact) mass is 321 g/mol. The van der Waals surface area contributed by atoms with E-state index >= 15 is 0 Å². The summed E-state index contributed by atoms with van der Waals surface area (Å²) < 4.78 is 13.5. The van der Waals surface area contributed by atoms with Gasteiger partial charge in [0.2, 0.25) is 0 Å². The summed E-state index contributed by atoms with van der Waals surface area (Å²) in [6, 6.07) is 5.74. The molecule has 1 aromatic carbocycles. The summed E-state index contributed by atoms with van der Waals surface area (Å²) in [6.45, 7) is 3.98. The smallest absolute Gasteiger partial charge is 0.263 e. The minimum Gasteiger partial charge on any atom is -0.401 e. The predicted molar refractivity (Wildman–Crippen MR) is 89.5 cm³/mol. The average Bonchev–Trinajstić information content (AvgIpc) is 2.46. The van der Waals surface area contributed by atoms with E-state index in [1.54, 1.807) is 13.0 Å². The lowest BCUT2D eigenvalue weighted by Crippen LogP contribution is -2.39. The lowest BCUT2D eigenvalue weighted by atomic mass is 10.1. The summed E-state index contributed by atoms with van der Waals surface area (Å²) in [5, 5.41) is 0. The second-order valence-corrected chi connectivity index (χ2v) is 5.55. The highest BCUT2D eigenvalue weighted by Gasteiger charge is 2.25. The maximum Gasteiger partial charge on any atom is 0.263 e. The zero-order chi connectivity index (χ0) is 17.6. The summed E-state index contributed by atoms with van der Waals surface area (Å²) in [5.74, 6) is -1.33. The summed E-state index contributed by atoms with van der Waals surface area (Å²) >= 11 is 0. The number of ketones is 1. The molecule has 0 radical (unpaired) electrons. The van der Waals surface area contributed by atoms with Crippen LogP contribution in [0.3, 0.4) is 0 Å². The summed E-state index contributed by atoms with van der Waals surface area (Å²) in [6.07, 6.45) is 0.394. The van der Waals surface area contributed by atoms with Gasteiger partial charge in [-0.15, -0.1) is 0 Å². The molecule has 0 atom stereocenters. The van der Waals surface area contributed by atoms with Crippen LogP contribution in [0.1, 0.15) is 20.3 Å². The van der Waals surface area contributed by atoms with Crippen LogP contribution in [-0.4, -0.2) is 43.8 Å². The molecule has 0 saturated carbocycles. The molecule has 0 aliphatic rings. The number of benzene rings is 1. The lowest BCUT2D eigenvalue weighted by molar-refractivity contribution is -0.120. The van der Waals surface area contributed by atoms with Crippen LogP contribution in [-0.2, 0) is 9.59 Å². The van der Waals surface area contributed by atoms with E-state index in [1.807, 2.05) is 19.0 Å². The number of rotatable bonds is 7. The van der Waals surface area contributed by atoms with Gasteiger partial charge in [-0.3, -0.25) is 9.59 Å². The standard InChI is InChI=1S/C17H24FN3O2/c1-5-15(19)16(12(2)22)17(23)21(10-9-20(3)4)14-8-6-7-13(18)11-14/h6-8,11H,5,9-10,19H2,1-4H3. The normalized spacial score (nSPS) is 12.1. The molecule has 0 saturated heterocycles. The quantitative estimate of drug-likeness (QED) is 0.473. The minimum absolute atomic E-state index is 0.0319. The molecule has 0 spiro atoms. The van der Waals surface area contributed by atoms with Crippen molar-refractivity contribution in [3.05, 3.63) is 41.4 Å². The molecule has 23 heavy (non-hydrogen) atoms. The molecule has 1 rings (SSSR count). The molecule has 0 aromatic heterocycles. The Morgan fingerprint density at radius 2 is 1.87 bits per heavy atom. The average molecular weight is 321 g/mol. The molecule has 5 nitrogen and oxygen atoms in total. The van der Waals surface area contributed by atoms with Gasteiger partial charge in [0.25, 0.3) is 5.91 Å². The van der Waals surface area contributed by atoms with Gasteiger partial charge >= 0.3 is 0 Å². The fourth-order valence-corrected chi connectivity index (χ4v) is 2.12. The van der Waals surface area contributed by atoms with Crippen molar-refractivity contribution in [2.45, 2.75) is 20.3 Å². The maximum absolute atomic E-state index is 13.5. The van der Waals surface area contributed by atoms with E-state index < -0.39 is 11.7 Å². The number of anilines is 1. The number of carbonyl (C=O) groups excluding carboxylic acids is 2. The van der Waals surface area contributed by atoms with Crippen LogP contribution in [0.2, 0.25) is 0 Å². The summed E-state index contributed by atoms with van der Waals surface area (Å²) in [4.78, 5) is 28.0. The second-order valence-electron chi connectivity index (χ2n) is 5.55. The van der Waals surface area contributed by atoms with Crippen molar-refractivity contribution in [3.8, 4) is 0 Å². The fraction of sp³-hybridized carbons (Fsp3) is 0.412. The SMILES string of the molecule is CCC(N)=C(C(C)=O)C(=O)N(CCN(C)C)c1cccc(F)c1. The Kier molecular flexibility index (Phi) is 6.90. The Labute approximate surface area is 136 Å². The van der Waals surface area contributed by atoms with Crippen LogP contribution >= 0.6 is 0 Å². The van der Waals surface area contributed by atoms with Crippen molar-refractivity contribution in [3.63, 3.8) is 0 Å². The molecule has 0 aliphatic carbocycles. The van der Waals surface area contributed by atoms with E-state index in [0.717, 1.165) is 0 Å². The number of allylic oxidation sites excluding steroid dienone is 1. The molecule has 0 bridgehead atoms. The summed E-state index contributed by atoms with van der Waals surface area (Å²) in [7, 11) is 3.74. The Morgan fingerprint density at radius 3 is 2.35 bits per heavy atom. The van der Waals surface area contributed by atoms with E-state index in [9.17, 15) is 14.0 Å². The van der Waals surface area contributed by atoms with Gasteiger partial charge in [-0.2, -0.15) is 0 Å². The van der Waals surface area contributed by atoms with Gasteiger partial charge in [0.05, 0.1) is 0 Å². The summed E-state index contributed by atoms with van der Waals surface area (Å²) in [5.41, 5.74) is 6.46. The molecular formula is C17H24FN3O2. The highest BCUT2D eigenvalue weighted by Crippen LogP contribution is 2.19. The number of hydrogen-bond acceptors (Lipinski definition) is 4. The number of carbonyl (C=O) groups is 2. The highest BCUT2D eigenvalue weighted by molar-refractivity contribution is 6.24. The van der Waals surface area contributed by atoms with Gasteiger partial charge in [0, 0.05) is 24.5 Å². The maximum atomic E-state index is 13.5. The Balaban J connectivity index is 3.27. The molecule has 0 unspecified atom stereocenters. The topological polar surface area (TPSA) is 66.6 Å². The predicted octanol–water partition coefficient (Wildman–Crippen LogP) is 1.93. The third kappa shape index (κ3) is 5.17.